The van der Waals surface area contributed by atoms with Crippen molar-refractivity contribution in [3.8, 4) is 0 Å². The lowest BCUT2D eigenvalue weighted by Crippen LogP contribution is -2.11. The topological polar surface area (TPSA) is 37.3 Å². The van der Waals surface area contributed by atoms with Crippen LogP contribution in [0.2, 0.25) is 0 Å². The average Bonchev–Trinajstić information content (AvgIpc) is 2.80. The quantitative estimate of drug-likeness (QED) is 0.860. The van der Waals surface area contributed by atoms with Gasteiger partial charge in [-0.05, 0) is 52.1 Å². The fraction of sp³-hybridized carbons (Fsp3) is 0.545. The molecule has 1 saturated carbocycles. The molecule has 0 unspecified atom stereocenters. The fourth-order valence-electron chi connectivity index (χ4n) is 1.67. The molecule has 1 aliphatic carbocycles. The molecule has 1 fully saturated rings. The maximum absolute atomic E-state index is 10.7. The third-order valence-corrected chi connectivity index (χ3v) is 5.90. The Morgan fingerprint density at radius 3 is 2.81 bits per heavy atom. The van der Waals surface area contributed by atoms with Crippen molar-refractivity contribution >= 4 is 45.0 Å². The summed E-state index contributed by atoms with van der Waals surface area (Å²) in [6.07, 6.45) is 2.51. The number of hydrogen-bond donors (Lipinski definition) is 1. The number of carboxylic acids is 1. The molecule has 1 aliphatic rings. The second kappa shape index (κ2) is 5.10. The van der Waals surface area contributed by atoms with Crippen LogP contribution in [-0.2, 0) is 10.5 Å². The van der Waals surface area contributed by atoms with Crippen molar-refractivity contribution in [2.75, 3.05) is 5.75 Å². The molecule has 0 aliphatic heterocycles. The van der Waals surface area contributed by atoms with Gasteiger partial charge in [0.1, 0.15) is 0 Å². The van der Waals surface area contributed by atoms with E-state index in [4.69, 9.17) is 5.11 Å². The van der Waals surface area contributed by atoms with Gasteiger partial charge < -0.3 is 5.11 Å². The zero-order chi connectivity index (χ0) is 11.6. The van der Waals surface area contributed by atoms with Gasteiger partial charge in [-0.2, -0.15) is 11.8 Å². The Balaban J connectivity index is 1.74. The number of carboxylic acid groups (broad SMARTS) is 1. The highest BCUT2D eigenvalue weighted by Crippen LogP contribution is 2.51. The molecule has 1 heterocycles. The summed E-state index contributed by atoms with van der Waals surface area (Å²) >= 11 is 7.05. The molecule has 0 saturated heterocycles. The van der Waals surface area contributed by atoms with E-state index < -0.39 is 5.97 Å². The van der Waals surface area contributed by atoms with E-state index in [-0.39, 0.29) is 5.41 Å². The Hall–Kier alpha value is -0.0000000000000000833. The maximum Gasteiger partial charge on any atom is 0.303 e. The van der Waals surface area contributed by atoms with Crippen LogP contribution in [0, 0.1) is 5.41 Å². The summed E-state index contributed by atoms with van der Waals surface area (Å²) in [4.78, 5) is 12.0. The summed E-state index contributed by atoms with van der Waals surface area (Å²) in [5, 5.41) is 8.80. The predicted molar refractivity (Wildman–Crippen MR) is 72.1 cm³/mol. The van der Waals surface area contributed by atoms with Gasteiger partial charge in [0, 0.05) is 10.6 Å². The average molecular weight is 321 g/mol. The number of thioether (sulfide) groups is 1. The largest absolute Gasteiger partial charge is 0.481 e. The van der Waals surface area contributed by atoms with E-state index in [9.17, 15) is 4.79 Å². The Morgan fingerprint density at radius 1 is 1.56 bits per heavy atom. The molecule has 1 aromatic rings. The molecule has 16 heavy (non-hydrogen) atoms. The summed E-state index contributed by atoms with van der Waals surface area (Å²) < 4.78 is 1.16. The smallest absolute Gasteiger partial charge is 0.303 e. The number of hydrogen-bond acceptors (Lipinski definition) is 3. The molecular weight excluding hydrogens is 308 g/mol. The monoisotopic (exact) mass is 320 g/mol. The first-order valence-corrected chi connectivity index (χ1v) is 7.90. The van der Waals surface area contributed by atoms with E-state index in [0.717, 1.165) is 28.1 Å². The molecule has 0 aromatic carbocycles. The minimum atomic E-state index is -0.656. The molecule has 0 amide bonds. The summed E-state index contributed by atoms with van der Waals surface area (Å²) in [6.45, 7) is 0. The van der Waals surface area contributed by atoms with Crippen LogP contribution in [-0.4, -0.2) is 16.8 Å². The Kier molecular flexibility index (Phi) is 3.97. The molecule has 0 bridgehead atoms. The lowest BCUT2D eigenvalue weighted by molar-refractivity contribution is -0.138. The SMILES string of the molecule is O=C(O)CC1(CSCc2ccc(Br)s2)CC1. The molecule has 0 radical (unpaired) electrons. The van der Waals surface area contributed by atoms with Gasteiger partial charge in [0.25, 0.3) is 0 Å². The van der Waals surface area contributed by atoms with E-state index in [1.807, 2.05) is 11.8 Å². The van der Waals surface area contributed by atoms with Crippen LogP contribution in [0.5, 0.6) is 0 Å². The first-order valence-electron chi connectivity index (χ1n) is 5.13. The number of thiophene rings is 1. The van der Waals surface area contributed by atoms with Gasteiger partial charge in [-0.1, -0.05) is 0 Å². The van der Waals surface area contributed by atoms with Crippen molar-refractivity contribution in [2.45, 2.75) is 25.0 Å². The zero-order valence-electron chi connectivity index (χ0n) is 8.74. The highest BCUT2D eigenvalue weighted by molar-refractivity contribution is 9.11. The third-order valence-electron chi connectivity index (χ3n) is 2.76. The third kappa shape index (κ3) is 3.50. The number of halogens is 1. The van der Waals surface area contributed by atoms with Gasteiger partial charge in [-0.25, -0.2) is 0 Å². The second-order valence-electron chi connectivity index (χ2n) is 4.27. The Morgan fingerprint density at radius 2 is 2.31 bits per heavy atom. The molecule has 88 valence electrons. The molecule has 1 aromatic heterocycles. The summed E-state index contributed by atoms with van der Waals surface area (Å²) in [5.41, 5.74) is 0.116. The van der Waals surface area contributed by atoms with E-state index in [0.29, 0.717) is 6.42 Å². The molecule has 2 rings (SSSR count). The van der Waals surface area contributed by atoms with Gasteiger partial charge >= 0.3 is 5.97 Å². The maximum atomic E-state index is 10.7. The van der Waals surface area contributed by atoms with Crippen molar-refractivity contribution in [3.05, 3.63) is 20.8 Å². The minimum absolute atomic E-state index is 0.116. The second-order valence-corrected chi connectivity index (χ2v) is 7.80. The molecule has 1 N–H and O–H groups in total. The highest BCUT2D eigenvalue weighted by Gasteiger charge is 2.43. The normalized spacial score (nSPS) is 17.3. The van der Waals surface area contributed by atoms with Crippen molar-refractivity contribution in [1.82, 2.24) is 0 Å². The molecule has 5 heteroatoms. The van der Waals surface area contributed by atoms with Crippen molar-refractivity contribution in [1.29, 1.82) is 0 Å². The van der Waals surface area contributed by atoms with E-state index in [2.05, 4.69) is 28.1 Å². The van der Waals surface area contributed by atoms with E-state index in [1.165, 1.54) is 4.88 Å². The van der Waals surface area contributed by atoms with Gasteiger partial charge in [0.05, 0.1) is 10.2 Å². The van der Waals surface area contributed by atoms with Crippen molar-refractivity contribution < 1.29 is 9.90 Å². The van der Waals surface area contributed by atoms with E-state index >= 15 is 0 Å². The van der Waals surface area contributed by atoms with E-state index in [1.54, 1.807) is 11.3 Å². The first-order chi connectivity index (χ1) is 7.60. The Labute approximate surface area is 112 Å². The molecule has 2 nitrogen and oxygen atoms in total. The van der Waals surface area contributed by atoms with Crippen LogP contribution >= 0.6 is 39.0 Å². The zero-order valence-corrected chi connectivity index (χ0v) is 12.0. The predicted octanol–water partition coefficient (Wildman–Crippen LogP) is 4.00. The molecular formula is C11H13BrO2S2. The standard InChI is InChI=1S/C11H13BrO2S2/c12-9-2-1-8(16-9)6-15-7-11(3-4-11)5-10(13)14/h1-2H,3-7H2,(H,13,14). The van der Waals surface area contributed by atoms with Crippen molar-refractivity contribution in [2.24, 2.45) is 5.41 Å². The van der Waals surface area contributed by atoms with Crippen LogP contribution in [0.15, 0.2) is 15.9 Å². The van der Waals surface area contributed by atoms with Gasteiger partial charge in [-0.15, -0.1) is 11.3 Å². The van der Waals surface area contributed by atoms with Gasteiger partial charge in [0.15, 0.2) is 0 Å². The lowest BCUT2D eigenvalue weighted by Gasteiger charge is -2.10. The van der Waals surface area contributed by atoms with Gasteiger partial charge in [0.2, 0.25) is 0 Å². The lowest BCUT2D eigenvalue weighted by atomic mass is 10.1. The Bertz CT molecular complexity index is 385. The molecule has 0 atom stereocenters. The van der Waals surface area contributed by atoms with Crippen molar-refractivity contribution in [3.63, 3.8) is 0 Å². The molecule has 0 spiro atoms. The first kappa shape index (κ1) is 12.5. The highest BCUT2D eigenvalue weighted by atomic mass is 79.9. The van der Waals surface area contributed by atoms with Crippen LogP contribution in [0.1, 0.15) is 24.1 Å². The van der Waals surface area contributed by atoms with Crippen LogP contribution < -0.4 is 0 Å². The fourth-order valence-corrected chi connectivity index (χ4v) is 4.65. The van der Waals surface area contributed by atoms with Crippen LogP contribution in [0.3, 0.4) is 0 Å². The summed E-state index contributed by atoms with van der Waals surface area (Å²) in [6, 6.07) is 4.18. The minimum Gasteiger partial charge on any atom is -0.481 e. The van der Waals surface area contributed by atoms with Crippen LogP contribution in [0.25, 0.3) is 0 Å². The van der Waals surface area contributed by atoms with Gasteiger partial charge in [-0.3, -0.25) is 4.79 Å². The summed E-state index contributed by atoms with van der Waals surface area (Å²) in [5.74, 6) is 1.32. The summed E-state index contributed by atoms with van der Waals surface area (Å²) in [7, 11) is 0. The van der Waals surface area contributed by atoms with Crippen LogP contribution in [0.4, 0.5) is 0 Å². The number of aliphatic carboxylic acids is 1. The number of rotatable bonds is 6. The number of carbonyl (C=O) groups is 1.